The molecule has 4 heteroatoms. The highest BCUT2D eigenvalue weighted by molar-refractivity contribution is 7.18. The third kappa shape index (κ3) is 2.58. The quantitative estimate of drug-likeness (QED) is 0.709. The van der Waals surface area contributed by atoms with Crippen LogP contribution in [0.5, 0.6) is 5.75 Å². The van der Waals surface area contributed by atoms with Crippen molar-refractivity contribution in [1.82, 2.24) is 4.98 Å². The molecule has 0 spiro atoms. The fourth-order valence-electron chi connectivity index (χ4n) is 1.79. The van der Waals surface area contributed by atoms with Crippen LogP contribution in [0.3, 0.4) is 0 Å². The molecule has 19 heavy (non-hydrogen) atoms. The van der Waals surface area contributed by atoms with Crippen LogP contribution in [0.1, 0.15) is 10.6 Å². The van der Waals surface area contributed by atoms with Gasteiger partial charge in [0.15, 0.2) is 0 Å². The van der Waals surface area contributed by atoms with Crippen LogP contribution in [-0.4, -0.2) is 4.98 Å². The van der Waals surface area contributed by atoms with Crippen molar-refractivity contribution in [2.75, 3.05) is 0 Å². The number of aryl methyl sites for hydroxylation is 1. The summed E-state index contributed by atoms with van der Waals surface area (Å²) in [6, 6.07) is 12.8. The molecule has 0 saturated heterocycles. The Morgan fingerprint density at radius 1 is 1.21 bits per heavy atom. The van der Waals surface area contributed by atoms with E-state index in [9.17, 15) is 4.39 Å². The van der Waals surface area contributed by atoms with Crippen LogP contribution in [0.15, 0.2) is 42.5 Å². The predicted octanol–water partition coefficient (Wildman–Crippen LogP) is 4.32. The van der Waals surface area contributed by atoms with E-state index in [4.69, 9.17) is 4.74 Å². The molecule has 0 aliphatic heterocycles. The molecule has 0 unspecified atom stereocenters. The van der Waals surface area contributed by atoms with Crippen molar-refractivity contribution in [2.24, 2.45) is 0 Å². The zero-order valence-corrected chi connectivity index (χ0v) is 11.2. The molecule has 96 valence electrons. The second-order valence-electron chi connectivity index (χ2n) is 4.27. The molecule has 0 radical (unpaired) electrons. The Morgan fingerprint density at radius 3 is 2.84 bits per heavy atom. The van der Waals surface area contributed by atoms with Crippen LogP contribution in [0.2, 0.25) is 0 Å². The molecule has 3 aromatic rings. The normalized spacial score (nSPS) is 10.8. The zero-order chi connectivity index (χ0) is 13.2. The zero-order valence-electron chi connectivity index (χ0n) is 10.4. The average Bonchev–Trinajstić information content (AvgIpc) is 2.83. The van der Waals surface area contributed by atoms with Crippen LogP contribution in [0.25, 0.3) is 10.2 Å². The van der Waals surface area contributed by atoms with Gasteiger partial charge in [0.25, 0.3) is 0 Å². The van der Waals surface area contributed by atoms with E-state index in [0.29, 0.717) is 17.9 Å². The van der Waals surface area contributed by atoms with Crippen LogP contribution in [0.4, 0.5) is 4.39 Å². The molecule has 0 aliphatic carbocycles. The van der Waals surface area contributed by atoms with E-state index in [-0.39, 0.29) is 5.82 Å². The van der Waals surface area contributed by atoms with E-state index >= 15 is 0 Å². The lowest BCUT2D eigenvalue weighted by Crippen LogP contribution is -1.95. The Kier molecular flexibility index (Phi) is 3.17. The molecule has 0 atom stereocenters. The van der Waals surface area contributed by atoms with E-state index < -0.39 is 0 Å². The number of hydrogen-bond donors (Lipinski definition) is 0. The fourth-order valence-corrected chi connectivity index (χ4v) is 2.67. The molecular weight excluding hydrogens is 261 g/mol. The summed E-state index contributed by atoms with van der Waals surface area (Å²) in [6.07, 6.45) is 0. The standard InChI is InChI=1S/C15H12FNOS/c1-10-6-7-11(8-12(10)16)18-9-15-17-13-4-2-3-5-14(13)19-15/h2-8H,9H2,1H3. The molecule has 2 aromatic carbocycles. The van der Waals surface area contributed by atoms with Crippen molar-refractivity contribution in [3.05, 3.63) is 58.9 Å². The van der Waals surface area contributed by atoms with Crippen molar-refractivity contribution in [3.63, 3.8) is 0 Å². The average molecular weight is 273 g/mol. The van der Waals surface area contributed by atoms with E-state index in [1.807, 2.05) is 24.3 Å². The monoisotopic (exact) mass is 273 g/mol. The number of halogens is 1. The summed E-state index contributed by atoms with van der Waals surface area (Å²) in [7, 11) is 0. The number of hydrogen-bond acceptors (Lipinski definition) is 3. The molecule has 0 fully saturated rings. The first kappa shape index (κ1) is 12.1. The van der Waals surface area contributed by atoms with Crippen LogP contribution < -0.4 is 4.74 Å². The maximum atomic E-state index is 13.4. The van der Waals surface area contributed by atoms with E-state index in [1.54, 1.807) is 30.4 Å². The van der Waals surface area contributed by atoms with Crippen molar-refractivity contribution in [2.45, 2.75) is 13.5 Å². The van der Waals surface area contributed by atoms with Crippen LogP contribution >= 0.6 is 11.3 Å². The molecule has 0 bridgehead atoms. The highest BCUT2D eigenvalue weighted by Crippen LogP contribution is 2.23. The minimum Gasteiger partial charge on any atom is -0.486 e. The number of para-hydroxylation sites is 1. The number of rotatable bonds is 3. The summed E-state index contributed by atoms with van der Waals surface area (Å²) in [4.78, 5) is 4.47. The van der Waals surface area contributed by atoms with Gasteiger partial charge >= 0.3 is 0 Å². The highest BCUT2D eigenvalue weighted by atomic mass is 32.1. The summed E-state index contributed by atoms with van der Waals surface area (Å²) >= 11 is 1.59. The first-order valence-electron chi connectivity index (χ1n) is 5.96. The maximum Gasteiger partial charge on any atom is 0.140 e. The Labute approximate surface area is 114 Å². The lowest BCUT2D eigenvalue weighted by Gasteiger charge is -2.04. The molecule has 0 amide bonds. The number of nitrogens with zero attached hydrogens (tertiary/aromatic N) is 1. The minimum atomic E-state index is -0.248. The van der Waals surface area contributed by atoms with Crippen molar-refractivity contribution in [1.29, 1.82) is 0 Å². The molecule has 1 heterocycles. The van der Waals surface area contributed by atoms with Gasteiger partial charge in [-0.2, -0.15) is 0 Å². The smallest absolute Gasteiger partial charge is 0.140 e. The first-order chi connectivity index (χ1) is 9.22. The number of fused-ring (bicyclic) bond motifs is 1. The van der Waals surface area contributed by atoms with Gasteiger partial charge in [-0.3, -0.25) is 0 Å². The number of aromatic nitrogens is 1. The molecule has 0 N–H and O–H groups in total. The van der Waals surface area contributed by atoms with Crippen molar-refractivity contribution >= 4 is 21.6 Å². The van der Waals surface area contributed by atoms with Crippen LogP contribution in [-0.2, 0) is 6.61 Å². The highest BCUT2D eigenvalue weighted by Gasteiger charge is 2.05. The van der Waals surface area contributed by atoms with E-state index in [2.05, 4.69) is 4.98 Å². The van der Waals surface area contributed by atoms with Gasteiger partial charge < -0.3 is 4.74 Å². The Hall–Kier alpha value is -1.94. The molecule has 2 nitrogen and oxygen atoms in total. The maximum absolute atomic E-state index is 13.4. The summed E-state index contributed by atoms with van der Waals surface area (Å²) in [6.45, 7) is 2.09. The first-order valence-corrected chi connectivity index (χ1v) is 6.77. The van der Waals surface area contributed by atoms with Gasteiger partial charge in [0.1, 0.15) is 23.2 Å². The van der Waals surface area contributed by atoms with E-state index in [1.165, 1.54) is 6.07 Å². The van der Waals surface area contributed by atoms with Gasteiger partial charge in [-0.25, -0.2) is 9.37 Å². The Morgan fingerprint density at radius 2 is 2.05 bits per heavy atom. The van der Waals surface area contributed by atoms with Crippen LogP contribution in [0, 0.1) is 12.7 Å². The summed E-state index contributed by atoms with van der Waals surface area (Å²) in [5.41, 5.74) is 1.59. The number of benzene rings is 2. The topological polar surface area (TPSA) is 22.1 Å². The van der Waals surface area contributed by atoms with Gasteiger partial charge in [-0.05, 0) is 30.7 Å². The summed E-state index contributed by atoms with van der Waals surface area (Å²) in [5, 5.41) is 0.891. The summed E-state index contributed by atoms with van der Waals surface area (Å²) < 4.78 is 20.1. The van der Waals surface area contributed by atoms with Gasteiger partial charge in [0, 0.05) is 6.07 Å². The van der Waals surface area contributed by atoms with Gasteiger partial charge in [-0.15, -0.1) is 11.3 Å². The Bertz CT molecular complexity index is 690. The second-order valence-corrected chi connectivity index (χ2v) is 5.39. The summed E-state index contributed by atoms with van der Waals surface area (Å²) in [5.74, 6) is 0.282. The van der Waals surface area contributed by atoms with E-state index in [0.717, 1.165) is 15.2 Å². The van der Waals surface area contributed by atoms with Gasteiger partial charge in [0.2, 0.25) is 0 Å². The SMILES string of the molecule is Cc1ccc(OCc2nc3ccccc3s2)cc1F. The second kappa shape index (κ2) is 4.97. The largest absolute Gasteiger partial charge is 0.486 e. The minimum absolute atomic E-state index is 0.248. The van der Waals surface area contributed by atoms with Gasteiger partial charge in [0.05, 0.1) is 10.2 Å². The van der Waals surface area contributed by atoms with Gasteiger partial charge in [-0.1, -0.05) is 18.2 Å². The fraction of sp³-hybridized carbons (Fsp3) is 0.133. The molecule has 1 aromatic heterocycles. The molecular formula is C15H12FNOS. The Balaban J connectivity index is 1.76. The molecule has 3 rings (SSSR count). The lowest BCUT2D eigenvalue weighted by atomic mass is 10.2. The molecule has 0 saturated carbocycles. The molecule has 0 aliphatic rings. The third-order valence-corrected chi connectivity index (χ3v) is 3.85. The van der Waals surface area contributed by atoms with Crippen molar-refractivity contribution in [3.8, 4) is 5.75 Å². The predicted molar refractivity (Wildman–Crippen MR) is 75.1 cm³/mol. The van der Waals surface area contributed by atoms with Crippen molar-refractivity contribution < 1.29 is 9.13 Å². The third-order valence-electron chi connectivity index (χ3n) is 2.84. The number of ether oxygens (including phenoxy) is 1. The number of thiazole rings is 1. The lowest BCUT2D eigenvalue weighted by molar-refractivity contribution is 0.304.